The lowest BCUT2D eigenvalue weighted by Crippen LogP contribution is -2.26. The summed E-state index contributed by atoms with van der Waals surface area (Å²) in [4.78, 5) is 27.5. The molecule has 198 valence electrons. The third-order valence-corrected chi connectivity index (χ3v) is 6.01. The van der Waals surface area contributed by atoms with Gasteiger partial charge in [-0.1, -0.05) is 0 Å². The normalized spacial score (nSPS) is 13.0. The number of imidazole rings is 1. The van der Waals surface area contributed by atoms with Crippen molar-refractivity contribution in [2.75, 3.05) is 32.2 Å². The van der Waals surface area contributed by atoms with Gasteiger partial charge in [0.05, 0.1) is 25.5 Å². The number of rotatable bonds is 11. The molecule has 12 heteroatoms. The summed E-state index contributed by atoms with van der Waals surface area (Å²) in [5, 5.41) is 2.80. The van der Waals surface area contributed by atoms with Crippen molar-refractivity contribution in [3.05, 3.63) is 60.7 Å². The van der Waals surface area contributed by atoms with Crippen molar-refractivity contribution in [2.24, 2.45) is 0 Å². The van der Waals surface area contributed by atoms with E-state index in [1.54, 1.807) is 53.5 Å². The molecule has 0 spiro atoms. The molecule has 1 amide bonds. The molecule has 0 radical (unpaired) electrons. The summed E-state index contributed by atoms with van der Waals surface area (Å²) in [6.07, 6.45) is 8.43. The molecule has 4 aromatic rings. The molecule has 0 aliphatic heterocycles. The summed E-state index contributed by atoms with van der Waals surface area (Å²) in [5.41, 5.74) is 1.60. The lowest BCUT2D eigenvalue weighted by atomic mass is 10.1. The molecule has 0 bridgehead atoms. The molecule has 38 heavy (non-hydrogen) atoms. The number of methoxy groups -OCH3 is 1. The standard InChI is InChI=1S/C26H26F2N6O4/c1-33(26-29-7-3-8-30-26)10-11-37-18-6-9-34-19(15-31-22(34)14-18)16-12-20(36-2)23(21(13-16)38-25(27)28)24(35)32-17-4-5-17/h3,6-9,12-15,17,25H,4-5,10-11H2,1-2H3,(H,32,35). The Morgan fingerprint density at radius 2 is 1.95 bits per heavy atom. The smallest absolute Gasteiger partial charge is 0.387 e. The van der Waals surface area contributed by atoms with E-state index in [0.29, 0.717) is 41.8 Å². The Labute approximate surface area is 217 Å². The summed E-state index contributed by atoms with van der Waals surface area (Å²) >= 11 is 0. The van der Waals surface area contributed by atoms with Crippen molar-refractivity contribution in [3.8, 4) is 28.5 Å². The molecule has 0 atom stereocenters. The third kappa shape index (κ3) is 5.58. The van der Waals surface area contributed by atoms with Gasteiger partial charge in [-0.25, -0.2) is 15.0 Å². The lowest BCUT2D eigenvalue weighted by Gasteiger charge is -2.17. The highest BCUT2D eigenvalue weighted by Crippen LogP contribution is 2.37. The molecular weight excluding hydrogens is 498 g/mol. The van der Waals surface area contributed by atoms with Crippen LogP contribution in [0.3, 0.4) is 0 Å². The quantitative estimate of drug-likeness (QED) is 0.316. The van der Waals surface area contributed by atoms with Crippen LogP contribution in [0.15, 0.2) is 55.1 Å². The Hall–Kier alpha value is -4.48. The molecule has 1 saturated carbocycles. The Morgan fingerprint density at radius 3 is 2.66 bits per heavy atom. The number of carbonyl (C=O) groups is 1. The molecule has 3 heterocycles. The number of ether oxygens (including phenoxy) is 3. The fraction of sp³-hybridized carbons (Fsp3) is 0.308. The molecule has 5 rings (SSSR count). The van der Waals surface area contributed by atoms with E-state index in [4.69, 9.17) is 14.2 Å². The van der Waals surface area contributed by atoms with E-state index in [1.165, 1.54) is 13.2 Å². The van der Waals surface area contributed by atoms with Crippen LogP contribution in [0.5, 0.6) is 17.2 Å². The summed E-state index contributed by atoms with van der Waals surface area (Å²) in [6.45, 7) is -2.15. The zero-order valence-corrected chi connectivity index (χ0v) is 20.8. The first-order valence-electron chi connectivity index (χ1n) is 12.0. The van der Waals surface area contributed by atoms with Gasteiger partial charge in [-0.15, -0.1) is 0 Å². The molecule has 0 saturated heterocycles. The number of aromatic nitrogens is 4. The predicted molar refractivity (Wildman–Crippen MR) is 135 cm³/mol. The molecule has 10 nitrogen and oxygen atoms in total. The van der Waals surface area contributed by atoms with E-state index < -0.39 is 12.5 Å². The van der Waals surface area contributed by atoms with Crippen molar-refractivity contribution in [1.29, 1.82) is 0 Å². The minimum Gasteiger partial charge on any atom is -0.496 e. The van der Waals surface area contributed by atoms with Crippen LogP contribution in [-0.2, 0) is 0 Å². The Morgan fingerprint density at radius 1 is 1.18 bits per heavy atom. The maximum absolute atomic E-state index is 13.3. The Kier molecular flexibility index (Phi) is 7.20. The molecule has 1 aliphatic carbocycles. The van der Waals surface area contributed by atoms with Crippen LogP contribution in [-0.4, -0.2) is 65.2 Å². The van der Waals surface area contributed by atoms with E-state index in [-0.39, 0.29) is 23.1 Å². The Bertz CT molecular complexity index is 1430. The van der Waals surface area contributed by atoms with Gasteiger partial charge in [-0.3, -0.25) is 9.20 Å². The van der Waals surface area contributed by atoms with Gasteiger partial charge in [0.15, 0.2) is 0 Å². The second kappa shape index (κ2) is 10.9. The highest BCUT2D eigenvalue weighted by Gasteiger charge is 2.29. The fourth-order valence-electron chi connectivity index (χ4n) is 3.95. The first-order valence-corrected chi connectivity index (χ1v) is 12.0. The molecular formula is C26H26F2N6O4. The second-order valence-electron chi connectivity index (χ2n) is 8.73. The van der Waals surface area contributed by atoms with Crippen molar-refractivity contribution in [3.63, 3.8) is 0 Å². The largest absolute Gasteiger partial charge is 0.496 e. The topological polar surface area (TPSA) is 103 Å². The monoisotopic (exact) mass is 524 g/mol. The minimum atomic E-state index is -3.11. The van der Waals surface area contributed by atoms with E-state index in [1.807, 2.05) is 11.9 Å². The maximum Gasteiger partial charge on any atom is 0.387 e. The zero-order chi connectivity index (χ0) is 26.6. The summed E-state index contributed by atoms with van der Waals surface area (Å²) in [7, 11) is 3.25. The number of alkyl halides is 2. The van der Waals surface area contributed by atoms with Crippen LogP contribution in [0.4, 0.5) is 14.7 Å². The van der Waals surface area contributed by atoms with Crippen molar-refractivity contribution >= 4 is 17.5 Å². The van der Waals surface area contributed by atoms with Gasteiger partial charge in [0.1, 0.15) is 35.1 Å². The number of pyridine rings is 1. The molecule has 1 aliphatic rings. The van der Waals surface area contributed by atoms with Crippen LogP contribution in [0.2, 0.25) is 0 Å². The number of fused-ring (bicyclic) bond motifs is 1. The fourth-order valence-corrected chi connectivity index (χ4v) is 3.95. The van der Waals surface area contributed by atoms with Gasteiger partial charge >= 0.3 is 6.61 Å². The summed E-state index contributed by atoms with van der Waals surface area (Å²) in [6, 6.07) is 8.34. The van der Waals surface area contributed by atoms with Gasteiger partial charge < -0.3 is 24.4 Å². The number of anilines is 1. The highest BCUT2D eigenvalue weighted by molar-refractivity contribution is 6.01. The number of hydrogen-bond donors (Lipinski definition) is 1. The van der Waals surface area contributed by atoms with E-state index >= 15 is 0 Å². The highest BCUT2D eigenvalue weighted by atomic mass is 19.3. The number of carbonyl (C=O) groups excluding carboxylic acids is 1. The van der Waals surface area contributed by atoms with Gasteiger partial charge in [-0.2, -0.15) is 8.78 Å². The van der Waals surface area contributed by atoms with Gasteiger partial charge in [0.25, 0.3) is 5.91 Å². The number of halogens is 2. The van der Waals surface area contributed by atoms with Gasteiger partial charge in [-0.05, 0) is 37.1 Å². The van der Waals surface area contributed by atoms with E-state index in [9.17, 15) is 13.6 Å². The van der Waals surface area contributed by atoms with E-state index in [0.717, 1.165) is 12.8 Å². The van der Waals surface area contributed by atoms with Crippen LogP contribution in [0, 0.1) is 0 Å². The van der Waals surface area contributed by atoms with Gasteiger partial charge in [0, 0.05) is 43.3 Å². The molecule has 0 unspecified atom stereocenters. The lowest BCUT2D eigenvalue weighted by molar-refractivity contribution is -0.0502. The zero-order valence-electron chi connectivity index (χ0n) is 20.8. The van der Waals surface area contributed by atoms with Crippen LogP contribution < -0.4 is 24.4 Å². The maximum atomic E-state index is 13.3. The van der Waals surface area contributed by atoms with Crippen molar-refractivity contribution in [1.82, 2.24) is 24.7 Å². The number of nitrogens with zero attached hydrogens (tertiary/aromatic N) is 5. The number of likely N-dealkylation sites (N-methyl/N-ethyl adjacent to an activating group) is 1. The first kappa shape index (κ1) is 25.2. The number of nitrogens with one attached hydrogen (secondary N) is 1. The Balaban J connectivity index is 1.37. The van der Waals surface area contributed by atoms with Crippen LogP contribution in [0.1, 0.15) is 23.2 Å². The van der Waals surface area contributed by atoms with E-state index in [2.05, 4.69) is 20.3 Å². The average Bonchev–Trinajstić information content (AvgIpc) is 3.63. The van der Waals surface area contributed by atoms with Gasteiger partial charge in [0.2, 0.25) is 5.95 Å². The molecule has 1 N–H and O–H groups in total. The van der Waals surface area contributed by atoms with Crippen molar-refractivity contribution < 1.29 is 27.8 Å². The number of hydrogen-bond acceptors (Lipinski definition) is 8. The second-order valence-corrected chi connectivity index (χ2v) is 8.73. The predicted octanol–water partition coefficient (Wildman–Crippen LogP) is 3.81. The third-order valence-electron chi connectivity index (χ3n) is 6.01. The van der Waals surface area contributed by atoms with Crippen molar-refractivity contribution in [2.45, 2.75) is 25.5 Å². The van der Waals surface area contributed by atoms with Crippen LogP contribution in [0.25, 0.3) is 16.9 Å². The van der Waals surface area contributed by atoms with Crippen LogP contribution >= 0.6 is 0 Å². The minimum absolute atomic E-state index is 0.0357. The number of benzene rings is 1. The SMILES string of the molecule is COc1cc(-c2cnc3cc(OCCN(C)c4ncccn4)ccn23)cc(OC(F)F)c1C(=O)NC1CC1. The molecule has 1 fully saturated rings. The molecule has 1 aromatic carbocycles. The molecule has 3 aromatic heterocycles. The average molecular weight is 525 g/mol. The summed E-state index contributed by atoms with van der Waals surface area (Å²) < 4.78 is 44.3. The number of amides is 1. The first-order chi connectivity index (χ1) is 18.4. The summed E-state index contributed by atoms with van der Waals surface area (Å²) in [5.74, 6) is 0.553.